The molecule has 2 saturated heterocycles. The van der Waals surface area contributed by atoms with Crippen LogP contribution in [0.5, 0.6) is 0 Å². The number of ketones is 3. The van der Waals surface area contributed by atoms with Crippen LogP contribution >= 0.6 is 0 Å². The number of rotatable bonds is 10. The van der Waals surface area contributed by atoms with Crippen molar-refractivity contribution in [3.05, 3.63) is 47.6 Å². The Hall–Kier alpha value is -3.90. The zero-order valence-corrected chi connectivity index (χ0v) is 44.3. The maximum atomic E-state index is 14.5. The molecule has 3 fully saturated rings. The molecule has 4 rings (SSSR count). The number of allylic oxidation sites excluding steroid dienone is 6. The SMILES string of the molecule is CO[C@H]1C[C@@H]2CC[C@@H](C)[C@@](O)(O2)C(=O)C(=O)N2CCCC[C@H]2C(=O)O[C@H]([C@@H](C)C[C@@H]2CC[C@@H](OCCOC(C)=O)[C@H](OC)C2)CC(=O)[C@H](C)/C=C(\C)[C@@H](O)[C@@H](OC)C(=O)[C@H](C)C[C@H](C)/C=C/C=C/C=C/1C. The van der Waals surface area contributed by atoms with E-state index in [1.54, 1.807) is 41.1 Å². The molecule has 0 spiro atoms. The number of methoxy groups -OCH3 is 3. The molecule has 0 aromatic carbocycles. The third-order valence-electron chi connectivity index (χ3n) is 15.2. The summed E-state index contributed by atoms with van der Waals surface area (Å²) in [5.74, 6) is -8.48. The Bertz CT molecular complexity index is 1930. The average Bonchev–Trinajstić information content (AvgIpc) is 3.34. The van der Waals surface area contributed by atoms with Crippen LogP contribution in [0.4, 0.5) is 0 Å². The monoisotopic (exact) mass is 1000 g/mol. The van der Waals surface area contributed by atoms with E-state index in [1.807, 2.05) is 58.1 Å². The Balaban J connectivity index is 1.68. The zero-order chi connectivity index (χ0) is 52.6. The van der Waals surface area contributed by atoms with Crippen molar-refractivity contribution in [1.82, 2.24) is 4.90 Å². The minimum atomic E-state index is -2.44. The molecule has 0 aromatic rings. The molecule has 0 radical (unpaired) electrons. The molecule has 1 amide bonds. The fraction of sp³-hybridized carbons (Fsp3) is 0.745. The normalized spacial score (nSPS) is 37.9. The Labute approximate surface area is 422 Å². The Morgan fingerprint density at radius 2 is 1.59 bits per heavy atom. The van der Waals surface area contributed by atoms with Gasteiger partial charge in [0.25, 0.3) is 11.7 Å². The lowest BCUT2D eigenvalue weighted by Crippen LogP contribution is -2.61. The highest BCUT2D eigenvalue weighted by atomic mass is 16.6. The van der Waals surface area contributed by atoms with Crippen molar-refractivity contribution in [3.8, 4) is 0 Å². The number of aliphatic hydroxyl groups is 2. The first-order valence-electron chi connectivity index (χ1n) is 25.9. The number of Topliss-reactive ketones (excluding diaryl/α,β-unsaturated/α-hetero) is 3. The fourth-order valence-corrected chi connectivity index (χ4v) is 10.7. The van der Waals surface area contributed by atoms with Gasteiger partial charge in [-0.05, 0) is 107 Å². The van der Waals surface area contributed by atoms with Crippen molar-refractivity contribution in [2.45, 2.75) is 187 Å². The van der Waals surface area contributed by atoms with Gasteiger partial charge in [0.2, 0.25) is 5.79 Å². The molecular weight excluding hydrogens is 915 g/mol. The molecule has 0 unspecified atom stereocenters. The Kier molecular flexibility index (Phi) is 24.0. The average molecular weight is 1000 g/mol. The van der Waals surface area contributed by atoms with Crippen molar-refractivity contribution in [2.75, 3.05) is 41.1 Å². The number of ether oxygens (including phenoxy) is 7. The van der Waals surface area contributed by atoms with Crippen LogP contribution in [0, 0.1) is 35.5 Å². The molecule has 71 heavy (non-hydrogen) atoms. The predicted octanol–water partition coefficient (Wildman–Crippen LogP) is 6.77. The summed E-state index contributed by atoms with van der Waals surface area (Å²) in [4.78, 5) is 83.6. The molecule has 15 atom stereocenters. The van der Waals surface area contributed by atoms with E-state index in [9.17, 15) is 39.0 Å². The minimum Gasteiger partial charge on any atom is -0.463 e. The Morgan fingerprint density at radius 3 is 2.27 bits per heavy atom. The van der Waals surface area contributed by atoms with Crippen molar-refractivity contribution in [2.24, 2.45) is 35.5 Å². The maximum absolute atomic E-state index is 14.5. The number of nitrogens with zero attached hydrogens (tertiary/aromatic N) is 1. The second-order valence-electron chi connectivity index (χ2n) is 20.8. The van der Waals surface area contributed by atoms with Gasteiger partial charge in [0.1, 0.15) is 36.7 Å². The smallest absolute Gasteiger partial charge is 0.329 e. The second kappa shape index (κ2) is 28.5. The summed E-state index contributed by atoms with van der Waals surface area (Å²) in [6.45, 7) is 14.4. The van der Waals surface area contributed by atoms with Crippen LogP contribution in [-0.2, 0) is 61.9 Å². The standard InChI is InChI=1S/C55H85NO15/c1-33-17-13-12-14-18-34(2)46(65-9)31-42-22-20-39(7)55(64,71-42)52(61)53(62)56-24-16-15-19-43(56)54(63)70-47(32-44(58)35(3)28-38(6)50(60)51(67-11)49(59)37(5)27-33)36(4)29-41-21-23-45(48(30-41)66-10)69-26-25-68-40(8)57/h12-14,17-18,28,33,35-37,39,41-43,45-48,50-51,60,64H,15-16,19-27,29-32H2,1-11H3/b14-12+,17-13+,34-18+,38-28+/t33-,35-,36+,37-,39-,41+,42+,43+,45-,46+,47+,48-,50-,51+,55-/m1/s1. The van der Waals surface area contributed by atoms with Crippen molar-refractivity contribution < 1.29 is 72.1 Å². The van der Waals surface area contributed by atoms with E-state index in [4.69, 9.17) is 33.2 Å². The summed E-state index contributed by atoms with van der Waals surface area (Å²) in [6, 6.07) is -1.16. The number of carbonyl (C=O) groups excluding carboxylic acids is 6. The molecule has 2 N–H and O–H groups in total. The van der Waals surface area contributed by atoms with Gasteiger partial charge >= 0.3 is 11.9 Å². The van der Waals surface area contributed by atoms with E-state index in [-0.39, 0.29) is 80.1 Å². The predicted molar refractivity (Wildman–Crippen MR) is 266 cm³/mol. The molecule has 400 valence electrons. The molecule has 4 aliphatic rings. The summed E-state index contributed by atoms with van der Waals surface area (Å²) in [5, 5.41) is 23.5. The summed E-state index contributed by atoms with van der Waals surface area (Å²) < 4.78 is 40.9. The van der Waals surface area contributed by atoms with Crippen molar-refractivity contribution in [1.29, 1.82) is 0 Å². The van der Waals surface area contributed by atoms with Gasteiger partial charge in [-0.25, -0.2) is 4.79 Å². The number of hydrogen-bond donors (Lipinski definition) is 2. The van der Waals surface area contributed by atoms with Crippen molar-refractivity contribution in [3.63, 3.8) is 0 Å². The van der Waals surface area contributed by atoms with Crippen molar-refractivity contribution >= 4 is 35.2 Å². The number of piperidine rings is 1. The van der Waals surface area contributed by atoms with E-state index in [0.29, 0.717) is 63.4 Å². The lowest BCUT2D eigenvalue weighted by molar-refractivity contribution is -0.265. The van der Waals surface area contributed by atoms with Gasteiger partial charge in [-0.2, -0.15) is 0 Å². The number of hydrogen-bond acceptors (Lipinski definition) is 15. The topological polar surface area (TPSA) is 211 Å². The minimum absolute atomic E-state index is 0.00934. The van der Waals surface area contributed by atoms with Gasteiger partial charge in [-0.15, -0.1) is 0 Å². The van der Waals surface area contributed by atoms with E-state index < -0.39 is 77.8 Å². The van der Waals surface area contributed by atoms with E-state index in [0.717, 1.165) is 12.0 Å². The molecule has 3 heterocycles. The largest absolute Gasteiger partial charge is 0.463 e. The molecule has 1 saturated carbocycles. The quantitative estimate of drug-likeness (QED) is 0.100. The maximum Gasteiger partial charge on any atom is 0.329 e. The van der Waals surface area contributed by atoms with Crippen LogP contribution in [0.15, 0.2) is 47.6 Å². The molecule has 3 aliphatic heterocycles. The molecule has 16 nitrogen and oxygen atoms in total. The van der Waals surface area contributed by atoms with Gasteiger partial charge in [0.15, 0.2) is 5.78 Å². The van der Waals surface area contributed by atoms with Gasteiger partial charge < -0.3 is 48.3 Å². The molecular formula is C55H85NO15. The molecule has 0 aromatic heterocycles. The highest BCUT2D eigenvalue weighted by molar-refractivity contribution is 6.39. The zero-order valence-electron chi connectivity index (χ0n) is 44.3. The number of fused-ring (bicyclic) bond motifs is 3. The lowest BCUT2D eigenvalue weighted by Gasteiger charge is -2.42. The first kappa shape index (κ1) is 59.7. The van der Waals surface area contributed by atoms with Crippen LogP contribution in [0.2, 0.25) is 0 Å². The van der Waals surface area contributed by atoms with E-state index in [1.165, 1.54) is 18.9 Å². The van der Waals surface area contributed by atoms with Gasteiger partial charge in [-0.3, -0.25) is 24.0 Å². The third kappa shape index (κ3) is 16.8. The fourth-order valence-electron chi connectivity index (χ4n) is 10.7. The number of esters is 2. The molecule has 2 bridgehead atoms. The van der Waals surface area contributed by atoms with E-state index >= 15 is 0 Å². The van der Waals surface area contributed by atoms with Crippen LogP contribution in [0.1, 0.15) is 132 Å². The summed E-state index contributed by atoms with van der Waals surface area (Å²) >= 11 is 0. The van der Waals surface area contributed by atoms with Crippen LogP contribution in [0.3, 0.4) is 0 Å². The summed E-state index contributed by atoms with van der Waals surface area (Å²) in [5.41, 5.74) is 1.25. The third-order valence-corrected chi connectivity index (χ3v) is 15.2. The first-order chi connectivity index (χ1) is 33.6. The Morgan fingerprint density at radius 1 is 0.859 bits per heavy atom. The van der Waals surface area contributed by atoms with Gasteiger partial charge in [0, 0.05) is 65.4 Å². The molecule has 1 aliphatic carbocycles. The first-order valence-corrected chi connectivity index (χ1v) is 25.9. The second-order valence-corrected chi connectivity index (χ2v) is 20.8. The van der Waals surface area contributed by atoms with E-state index in [2.05, 4.69) is 0 Å². The summed E-state index contributed by atoms with van der Waals surface area (Å²) in [6.07, 6.45) is 11.7. The number of carbonyl (C=O) groups is 6. The summed E-state index contributed by atoms with van der Waals surface area (Å²) in [7, 11) is 4.57. The number of aliphatic hydroxyl groups excluding tert-OH is 1. The van der Waals surface area contributed by atoms with Crippen LogP contribution in [-0.4, -0.2) is 146 Å². The highest BCUT2D eigenvalue weighted by Gasteiger charge is 2.53. The van der Waals surface area contributed by atoms with Gasteiger partial charge in [0.05, 0.1) is 31.0 Å². The number of cyclic esters (lactones) is 1. The molecule has 16 heteroatoms. The van der Waals surface area contributed by atoms with Crippen LogP contribution < -0.4 is 0 Å². The van der Waals surface area contributed by atoms with Gasteiger partial charge in [-0.1, -0.05) is 71.1 Å². The number of amides is 1. The van der Waals surface area contributed by atoms with Crippen LogP contribution in [0.25, 0.3) is 0 Å². The lowest BCUT2D eigenvalue weighted by atomic mass is 9.78. The highest BCUT2D eigenvalue weighted by Crippen LogP contribution is 2.38.